The number of hydrogen-bond acceptors (Lipinski definition) is 3. The maximum absolute atomic E-state index is 12.9. The van der Waals surface area contributed by atoms with Gasteiger partial charge in [0.15, 0.2) is 9.84 Å². The molecule has 0 radical (unpaired) electrons. The van der Waals surface area contributed by atoms with Crippen LogP contribution in [0, 0.1) is 11.7 Å². The molecule has 1 aliphatic rings. The fraction of sp³-hybridized carbons (Fsp3) is 0.500. The topological polar surface area (TPSA) is 46.2 Å². The Hall–Kier alpha value is -0.650. The first-order valence-corrected chi connectivity index (χ1v) is 8.01. The van der Waals surface area contributed by atoms with Gasteiger partial charge in [0.1, 0.15) is 5.82 Å². The van der Waals surface area contributed by atoms with Crippen LogP contribution in [0.5, 0.6) is 0 Å². The molecule has 0 bridgehead atoms. The van der Waals surface area contributed by atoms with Crippen molar-refractivity contribution in [2.24, 2.45) is 5.92 Å². The van der Waals surface area contributed by atoms with Gasteiger partial charge in [0, 0.05) is 6.54 Å². The summed E-state index contributed by atoms with van der Waals surface area (Å²) in [6.45, 7) is 1.23. The van der Waals surface area contributed by atoms with Gasteiger partial charge in [-0.15, -0.1) is 0 Å². The standard InChI is InChI=1S/C12H15ClFNO2S/c13-11-5-9(1-2-12(11)14)6-15-7-10-3-4-18(16,17)8-10/h1-2,5,10,15H,3-4,6-8H2. The van der Waals surface area contributed by atoms with E-state index in [0.717, 1.165) is 12.0 Å². The Kier molecular flexibility index (Phi) is 4.25. The van der Waals surface area contributed by atoms with E-state index in [4.69, 9.17) is 11.6 Å². The lowest BCUT2D eigenvalue weighted by atomic mass is 10.1. The molecule has 1 heterocycles. The quantitative estimate of drug-likeness (QED) is 0.923. The van der Waals surface area contributed by atoms with Crippen molar-refractivity contribution < 1.29 is 12.8 Å². The molecule has 1 fully saturated rings. The van der Waals surface area contributed by atoms with Gasteiger partial charge in [-0.2, -0.15) is 0 Å². The molecule has 100 valence electrons. The van der Waals surface area contributed by atoms with Crippen molar-refractivity contribution in [2.45, 2.75) is 13.0 Å². The van der Waals surface area contributed by atoms with Crippen LogP contribution in [-0.4, -0.2) is 26.5 Å². The lowest BCUT2D eigenvalue weighted by Gasteiger charge is -2.09. The van der Waals surface area contributed by atoms with Crippen molar-refractivity contribution in [3.05, 3.63) is 34.6 Å². The third kappa shape index (κ3) is 3.67. The normalized spacial score (nSPS) is 22.2. The molecule has 2 rings (SSSR count). The molecule has 0 spiro atoms. The third-order valence-electron chi connectivity index (χ3n) is 3.07. The number of hydrogen-bond donors (Lipinski definition) is 1. The number of rotatable bonds is 4. The van der Waals surface area contributed by atoms with Crippen LogP contribution in [0.15, 0.2) is 18.2 Å². The third-order valence-corrected chi connectivity index (χ3v) is 5.20. The van der Waals surface area contributed by atoms with E-state index in [0.29, 0.717) is 18.8 Å². The van der Waals surface area contributed by atoms with Crippen LogP contribution in [-0.2, 0) is 16.4 Å². The predicted octanol–water partition coefficient (Wildman–Crippen LogP) is 2.00. The van der Waals surface area contributed by atoms with E-state index in [1.165, 1.54) is 6.07 Å². The zero-order valence-electron chi connectivity index (χ0n) is 9.83. The van der Waals surface area contributed by atoms with Crippen LogP contribution in [0.4, 0.5) is 4.39 Å². The molecule has 1 unspecified atom stereocenters. The molecule has 0 saturated carbocycles. The highest BCUT2D eigenvalue weighted by Gasteiger charge is 2.27. The van der Waals surface area contributed by atoms with Gasteiger partial charge in [-0.3, -0.25) is 0 Å². The molecule has 1 aromatic carbocycles. The summed E-state index contributed by atoms with van der Waals surface area (Å²) in [4.78, 5) is 0. The second kappa shape index (κ2) is 5.55. The SMILES string of the molecule is O=S1(=O)CCC(CNCc2ccc(F)c(Cl)c2)C1. The first-order chi connectivity index (χ1) is 8.46. The molecule has 3 nitrogen and oxygen atoms in total. The molecule has 1 aromatic rings. The molecule has 1 atom stereocenters. The lowest BCUT2D eigenvalue weighted by Crippen LogP contribution is -2.23. The fourth-order valence-electron chi connectivity index (χ4n) is 2.10. The van der Waals surface area contributed by atoms with Gasteiger partial charge in [-0.25, -0.2) is 12.8 Å². The molecule has 1 saturated heterocycles. The Bertz CT molecular complexity index is 533. The minimum absolute atomic E-state index is 0.109. The molecular weight excluding hydrogens is 277 g/mol. The Morgan fingerprint density at radius 3 is 2.83 bits per heavy atom. The van der Waals surface area contributed by atoms with Crippen molar-refractivity contribution in [3.63, 3.8) is 0 Å². The number of nitrogens with one attached hydrogen (secondary N) is 1. The summed E-state index contributed by atoms with van der Waals surface area (Å²) in [5.74, 6) is 0.319. The van der Waals surface area contributed by atoms with Gasteiger partial charge in [-0.1, -0.05) is 17.7 Å². The van der Waals surface area contributed by atoms with Crippen molar-refractivity contribution in [1.29, 1.82) is 0 Å². The molecule has 6 heteroatoms. The van der Waals surface area contributed by atoms with Gasteiger partial charge >= 0.3 is 0 Å². The van der Waals surface area contributed by atoms with E-state index >= 15 is 0 Å². The van der Waals surface area contributed by atoms with Gasteiger partial charge in [0.2, 0.25) is 0 Å². The number of halogens is 2. The Labute approximate surface area is 111 Å². The smallest absolute Gasteiger partial charge is 0.150 e. The zero-order chi connectivity index (χ0) is 13.2. The number of sulfone groups is 1. The van der Waals surface area contributed by atoms with E-state index in [-0.39, 0.29) is 16.7 Å². The van der Waals surface area contributed by atoms with Crippen LogP contribution in [0.2, 0.25) is 5.02 Å². The highest BCUT2D eigenvalue weighted by Crippen LogP contribution is 2.18. The monoisotopic (exact) mass is 291 g/mol. The van der Waals surface area contributed by atoms with E-state index in [1.54, 1.807) is 12.1 Å². The van der Waals surface area contributed by atoms with Crippen molar-refractivity contribution >= 4 is 21.4 Å². The Morgan fingerprint density at radius 1 is 1.44 bits per heavy atom. The molecular formula is C12H15ClFNO2S. The van der Waals surface area contributed by atoms with Crippen molar-refractivity contribution in [2.75, 3.05) is 18.1 Å². The fourth-order valence-corrected chi connectivity index (χ4v) is 4.17. The van der Waals surface area contributed by atoms with E-state index in [9.17, 15) is 12.8 Å². The average molecular weight is 292 g/mol. The summed E-state index contributed by atoms with van der Waals surface area (Å²) in [5.41, 5.74) is 0.891. The largest absolute Gasteiger partial charge is 0.312 e. The second-order valence-electron chi connectivity index (χ2n) is 4.65. The molecule has 1 aliphatic heterocycles. The van der Waals surface area contributed by atoms with Gasteiger partial charge in [0.05, 0.1) is 16.5 Å². The van der Waals surface area contributed by atoms with E-state index < -0.39 is 15.7 Å². The average Bonchev–Trinajstić information content (AvgIpc) is 2.63. The maximum Gasteiger partial charge on any atom is 0.150 e. The van der Waals surface area contributed by atoms with Crippen LogP contribution >= 0.6 is 11.6 Å². The summed E-state index contributed by atoms with van der Waals surface area (Å²) in [6, 6.07) is 4.58. The summed E-state index contributed by atoms with van der Waals surface area (Å²) in [5, 5.41) is 3.29. The van der Waals surface area contributed by atoms with Gasteiger partial charge in [-0.05, 0) is 36.6 Å². The van der Waals surface area contributed by atoms with E-state index in [1.807, 2.05) is 0 Å². The summed E-state index contributed by atoms with van der Waals surface area (Å²) < 4.78 is 35.5. The van der Waals surface area contributed by atoms with E-state index in [2.05, 4.69) is 5.32 Å². The van der Waals surface area contributed by atoms with Gasteiger partial charge < -0.3 is 5.32 Å². The number of benzene rings is 1. The van der Waals surface area contributed by atoms with Crippen LogP contribution in [0.3, 0.4) is 0 Å². The van der Waals surface area contributed by atoms with Crippen LogP contribution in [0.1, 0.15) is 12.0 Å². The predicted molar refractivity (Wildman–Crippen MR) is 69.9 cm³/mol. The Morgan fingerprint density at radius 2 is 2.22 bits per heavy atom. The highest BCUT2D eigenvalue weighted by molar-refractivity contribution is 7.91. The lowest BCUT2D eigenvalue weighted by molar-refractivity contribution is 0.520. The van der Waals surface area contributed by atoms with Crippen molar-refractivity contribution in [1.82, 2.24) is 5.32 Å². The molecule has 0 amide bonds. The summed E-state index contributed by atoms with van der Waals surface area (Å²) in [7, 11) is -2.81. The summed E-state index contributed by atoms with van der Waals surface area (Å²) in [6.07, 6.45) is 0.722. The first-order valence-electron chi connectivity index (χ1n) is 5.81. The molecule has 1 N–H and O–H groups in total. The molecule has 0 aliphatic carbocycles. The van der Waals surface area contributed by atoms with Gasteiger partial charge in [0.25, 0.3) is 0 Å². The minimum Gasteiger partial charge on any atom is -0.312 e. The Balaban J connectivity index is 1.80. The maximum atomic E-state index is 12.9. The minimum atomic E-state index is -2.81. The van der Waals surface area contributed by atoms with Crippen LogP contribution < -0.4 is 5.32 Å². The highest BCUT2D eigenvalue weighted by atomic mass is 35.5. The molecule has 0 aromatic heterocycles. The van der Waals surface area contributed by atoms with Crippen LogP contribution in [0.25, 0.3) is 0 Å². The zero-order valence-corrected chi connectivity index (χ0v) is 11.4. The second-order valence-corrected chi connectivity index (χ2v) is 7.28. The summed E-state index contributed by atoms with van der Waals surface area (Å²) >= 11 is 5.68. The molecule has 18 heavy (non-hydrogen) atoms. The first kappa shape index (κ1) is 13.8. The van der Waals surface area contributed by atoms with Crippen molar-refractivity contribution in [3.8, 4) is 0 Å².